The van der Waals surface area contributed by atoms with Crippen LogP contribution in [-0.4, -0.2) is 44.3 Å². The van der Waals surface area contributed by atoms with Gasteiger partial charge in [0.25, 0.3) is 5.56 Å². The topological polar surface area (TPSA) is 64.7 Å². The fourth-order valence-corrected chi connectivity index (χ4v) is 5.25. The summed E-state index contributed by atoms with van der Waals surface area (Å²) in [5.41, 5.74) is 2.27. The fraction of sp³-hybridized carbons (Fsp3) is 0.409. The van der Waals surface area contributed by atoms with E-state index in [9.17, 15) is 4.79 Å². The van der Waals surface area contributed by atoms with E-state index >= 15 is 0 Å². The molecule has 7 nitrogen and oxygen atoms in total. The summed E-state index contributed by atoms with van der Waals surface area (Å²) >= 11 is 1.47. The first-order chi connectivity index (χ1) is 14.6. The molecule has 0 unspecified atom stereocenters. The van der Waals surface area contributed by atoms with E-state index in [4.69, 9.17) is 4.74 Å². The van der Waals surface area contributed by atoms with Gasteiger partial charge in [0.1, 0.15) is 10.4 Å². The Labute approximate surface area is 178 Å². The quantitative estimate of drug-likeness (QED) is 0.494. The summed E-state index contributed by atoms with van der Waals surface area (Å²) in [4.78, 5) is 14.9. The van der Waals surface area contributed by atoms with Crippen LogP contribution in [0, 0.1) is 5.92 Å². The van der Waals surface area contributed by atoms with Crippen molar-refractivity contribution < 1.29 is 4.74 Å². The number of benzene rings is 1. The molecule has 0 atom stereocenters. The molecule has 0 amide bonds. The lowest BCUT2D eigenvalue weighted by molar-refractivity contribution is 0.173. The summed E-state index contributed by atoms with van der Waals surface area (Å²) in [6, 6.07) is 10.4. The Kier molecular flexibility index (Phi) is 5.04. The summed E-state index contributed by atoms with van der Waals surface area (Å²) < 4.78 is 9.64. The molecule has 0 aliphatic carbocycles. The highest BCUT2D eigenvalue weighted by Gasteiger charge is 2.22. The average Bonchev–Trinajstić information content (AvgIpc) is 3.41. The van der Waals surface area contributed by atoms with Crippen LogP contribution in [-0.2, 0) is 20.0 Å². The van der Waals surface area contributed by atoms with Crippen molar-refractivity contribution in [1.82, 2.24) is 24.1 Å². The predicted octanol–water partition coefficient (Wildman–Crippen LogP) is 3.11. The first kappa shape index (κ1) is 19.3. The summed E-state index contributed by atoms with van der Waals surface area (Å²) in [6.45, 7) is 2.85. The van der Waals surface area contributed by atoms with Crippen LogP contribution in [0.3, 0.4) is 0 Å². The minimum atomic E-state index is -0.00852. The Morgan fingerprint density at radius 1 is 1.13 bits per heavy atom. The molecule has 1 fully saturated rings. The molecule has 4 heterocycles. The number of piperidine rings is 1. The monoisotopic (exact) mass is 423 g/mol. The number of aromatic nitrogens is 4. The molecule has 1 saturated heterocycles. The SMILES string of the molecule is COc1ccc(CC2CCN(Cc3nnc4n(C)c(=O)c5sccc5n34)CC2)cc1. The van der Waals surface area contributed by atoms with Crippen LogP contribution in [0.4, 0.5) is 0 Å². The average molecular weight is 424 g/mol. The zero-order valence-corrected chi connectivity index (χ0v) is 18.1. The van der Waals surface area contributed by atoms with Crippen molar-refractivity contribution in [2.45, 2.75) is 25.8 Å². The summed E-state index contributed by atoms with van der Waals surface area (Å²) in [6.07, 6.45) is 3.47. The standard InChI is InChI=1S/C22H25N5O2S/c1-25-21(28)20-18(9-12-30-20)27-19(23-24-22(25)27)14-26-10-7-16(8-11-26)13-15-3-5-17(29-2)6-4-15/h3-6,9,12,16H,7-8,10-11,13-14H2,1-2H3. The minimum Gasteiger partial charge on any atom is -0.497 e. The van der Waals surface area contributed by atoms with Crippen LogP contribution in [0.25, 0.3) is 16.0 Å². The number of hydrogen-bond donors (Lipinski definition) is 0. The molecule has 8 heteroatoms. The van der Waals surface area contributed by atoms with Crippen LogP contribution >= 0.6 is 11.3 Å². The molecule has 156 valence electrons. The molecule has 0 radical (unpaired) electrons. The number of likely N-dealkylation sites (tertiary alicyclic amines) is 1. The molecule has 1 aromatic carbocycles. The molecule has 5 rings (SSSR count). The van der Waals surface area contributed by atoms with E-state index in [0.29, 0.717) is 11.7 Å². The molecule has 0 saturated carbocycles. The lowest BCUT2D eigenvalue weighted by atomic mass is 9.90. The van der Waals surface area contributed by atoms with Crippen LogP contribution in [0.2, 0.25) is 0 Å². The third-order valence-electron chi connectivity index (χ3n) is 6.15. The van der Waals surface area contributed by atoms with Gasteiger partial charge in [-0.1, -0.05) is 12.1 Å². The highest BCUT2D eigenvalue weighted by Crippen LogP contribution is 2.25. The van der Waals surface area contributed by atoms with E-state index in [0.717, 1.165) is 47.8 Å². The Balaban J connectivity index is 1.29. The maximum absolute atomic E-state index is 12.5. The summed E-state index contributed by atoms with van der Waals surface area (Å²) in [5.74, 6) is 3.12. The Morgan fingerprint density at radius 2 is 1.90 bits per heavy atom. The van der Waals surface area contributed by atoms with Crippen LogP contribution < -0.4 is 10.3 Å². The van der Waals surface area contributed by atoms with Crippen LogP contribution in [0.5, 0.6) is 5.75 Å². The van der Waals surface area contributed by atoms with Gasteiger partial charge in [0.05, 0.1) is 19.2 Å². The number of aryl methyl sites for hydroxylation is 1. The number of fused-ring (bicyclic) bond motifs is 3. The van der Waals surface area contributed by atoms with Gasteiger partial charge in [0.15, 0.2) is 5.82 Å². The Morgan fingerprint density at radius 3 is 2.63 bits per heavy atom. The molecule has 0 spiro atoms. The van der Waals surface area contributed by atoms with Gasteiger partial charge in [-0.05, 0) is 67.4 Å². The van der Waals surface area contributed by atoms with Crippen molar-refractivity contribution in [3.63, 3.8) is 0 Å². The van der Waals surface area contributed by atoms with Gasteiger partial charge in [-0.3, -0.25) is 18.7 Å². The second-order valence-electron chi connectivity index (χ2n) is 8.02. The van der Waals surface area contributed by atoms with Gasteiger partial charge in [0, 0.05) is 7.05 Å². The van der Waals surface area contributed by atoms with E-state index in [1.54, 1.807) is 18.7 Å². The number of thiophene rings is 1. The number of hydrogen-bond acceptors (Lipinski definition) is 6. The fourth-order valence-electron chi connectivity index (χ4n) is 4.40. The highest BCUT2D eigenvalue weighted by atomic mass is 32.1. The zero-order valence-electron chi connectivity index (χ0n) is 17.2. The number of nitrogens with zero attached hydrogens (tertiary/aromatic N) is 5. The number of methoxy groups -OCH3 is 1. The molecular weight excluding hydrogens is 398 g/mol. The molecule has 4 aromatic rings. The Bertz CT molecular complexity index is 1230. The molecule has 0 N–H and O–H groups in total. The van der Waals surface area contributed by atoms with Crippen molar-refractivity contribution in [3.05, 3.63) is 57.5 Å². The van der Waals surface area contributed by atoms with Gasteiger partial charge < -0.3 is 4.74 Å². The number of rotatable bonds is 5. The largest absolute Gasteiger partial charge is 0.497 e. The van der Waals surface area contributed by atoms with E-state index < -0.39 is 0 Å². The highest BCUT2D eigenvalue weighted by molar-refractivity contribution is 7.17. The second-order valence-corrected chi connectivity index (χ2v) is 8.94. The zero-order chi connectivity index (χ0) is 20.7. The maximum atomic E-state index is 12.5. The van der Waals surface area contributed by atoms with E-state index in [-0.39, 0.29) is 5.56 Å². The Hall–Kier alpha value is -2.71. The van der Waals surface area contributed by atoms with Gasteiger partial charge in [-0.2, -0.15) is 0 Å². The van der Waals surface area contributed by atoms with Crippen molar-refractivity contribution >= 4 is 27.3 Å². The number of ether oxygens (including phenoxy) is 1. The van der Waals surface area contributed by atoms with Crippen molar-refractivity contribution in [2.75, 3.05) is 20.2 Å². The molecular formula is C22H25N5O2S. The molecule has 0 bridgehead atoms. The van der Waals surface area contributed by atoms with Gasteiger partial charge in [-0.15, -0.1) is 21.5 Å². The van der Waals surface area contributed by atoms with Crippen molar-refractivity contribution in [2.24, 2.45) is 13.0 Å². The molecule has 3 aromatic heterocycles. The first-order valence-corrected chi connectivity index (χ1v) is 11.2. The first-order valence-electron chi connectivity index (χ1n) is 10.3. The van der Waals surface area contributed by atoms with E-state index in [1.807, 2.05) is 28.0 Å². The van der Waals surface area contributed by atoms with Crippen molar-refractivity contribution in [1.29, 1.82) is 0 Å². The van der Waals surface area contributed by atoms with E-state index in [1.165, 1.54) is 29.7 Å². The molecule has 1 aliphatic rings. The normalized spacial score (nSPS) is 15.9. The summed E-state index contributed by atoms with van der Waals surface area (Å²) in [5, 5.41) is 10.7. The van der Waals surface area contributed by atoms with Gasteiger partial charge >= 0.3 is 0 Å². The van der Waals surface area contributed by atoms with Crippen LogP contribution in [0.1, 0.15) is 24.2 Å². The van der Waals surface area contributed by atoms with Crippen LogP contribution in [0.15, 0.2) is 40.5 Å². The predicted molar refractivity (Wildman–Crippen MR) is 118 cm³/mol. The molecule has 30 heavy (non-hydrogen) atoms. The van der Waals surface area contributed by atoms with Gasteiger partial charge in [-0.25, -0.2) is 0 Å². The molecule has 1 aliphatic heterocycles. The summed E-state index contributed by atoms with van der Waals surface area (Å²) in [7, 11) is 3.46. The smallest absolute Gasteiger partial charge is 0.272 e. The van der Waals surface area contributed by atoms with Gasteiger partial charge in [0.2, 0.25) is 5.78 Å². The third-order valence-corrected chi connectivity index (χ3v) is 7.04. The lowest BCUT2D eigenvalue weighted by Gasteiger charge is -2.31. The second kappa shape index (κ2) is 7.85. The van der Waals surface area contributed by atoms with Crippen molar-refractivity contribution in [3.8, 4) is 5.75 Å². The maximum Gasteiger partial charge on any atom is 0.272 e. The third kappa shape index (κ3) is 3.40. The van der Waals surface area contributed by atoms with E-state index in [2.05, 4.69) is 27.2 Å². The lowest BCUT2D eigenvalue weighted by Crippen LogP contribution is -2.34. The minimum absolute atomic E-state index is 0.00852.